The van der Waals surface area contributed by atoms with Crippen LogP contribution in [0.15, 0.2) is 42.5 Å². The van der Waals surface area contributed by atoms with Gasteiger partial charge in [0, 0.05) is 47.7 Å². The smallest absolute Gasteiger partial charge is 0.268 e. The average molecular weight is 583 g/mol. The second-order valence-corrected chi connectivity index (χ2v) is 12.2. The number of ether oxygens (including phenoxy) is 1. The van der Waals surface area contributed by atoms with E-state index >= 15 is 0 Å². The van der Waals surface area contributed by atoms with Gasteiger partial charge in [-0.25, -0.2) is 4.98 Å². The summed E-state index contributed by atoms with van der Waals surface area (Å²) in [6.07, 6.45) is 5.86. The molecule has 42 heavy (non-hydrogen) atoms. The second kappa shape index (κ2) is 11.4. The second-order valence-electron chi connectivity index (χ2n) is 11.1. The van der Waals surface area contributed by atoms with Gasteiger partial charge in [-0.2, -0.15) is 9.97 Å². The van der Waals surface area contributed by atoms with Gasteiger partial charge in [0.05, 0.1) is 30.4 Å². The number of benzene rings is 2. The van der Waals surface area contributed by atoms with Crippen LogP contribution >= 0.6 is 11.3 Å². The highest BCUT2D eigenvalue weighted by atomic mass is 32.1. The number of rotatable bonds is 6. The molecule has 0 bridgehead atoms. The van der Waals surface area contributed by atoms with Gasteiger partial charge in [-0.05, 0) is 67.0 Å². The quantitative estimate of drug-likeness (QED) is 0.348. The highest BCUT2D eigenvalue weighted by Crippen LogP contribution is 2.40. The Morgan fingerprint density at radius 3 is 2.55 bits per heavy atom. The summed E-state index contributed by atoms with van der Waals surface area (Å²) in [4.78, 5) is 33.7. The molecule has 4 heterocycles. The van der Waals surface area contributed by atoms with E-state index in [1.807, 2.05) is 18.2 Å². The molecule has 0 atom stereocenters. The van der Waals surface area contributed by atoms with Crippen molar-refractivity contribution >= 4 is 34.6 Å². The lowest BCUT2D eigenvalue weighted by Gasteiger charge is -2.29. The van der Waals surface area contributed by atoms with Crippen molar-refractivity contribution in [3.8, 4) is 11.4 Å². The van der Waals surface area contributed by atoms with Crippen LogP contribution in [0.1, 0.15) is 55.5 Å². The van der Waals surface area contributed by atoms with Crippen molar-refractivity contribution in [3.05, 3.63) is 80.3 Å². The zero-order valence-electron chi connectivity index (χ0n) is 23.5. The number of nitrogens with two attached hydrogens (primary N) is 1. The number of fused-ring (bicyclic) bond motifs is 3. The number of carbonyl (C=O) groups is 1. The normalized spacial score (nSPS) is 16.8. The first-order chi connectivity index (χ1) is 20.6. The van der Waals surface area contributed by atoms with Gasteiger partial charge in [0.25, 0.3) is 5.91 Å². The summed E-state index contributed by atoms with van der Waals surface area (Å²) in [5.41, 5.74) is 13.0. The van der Waals surface area contributed by atoms with Crippen LogP contribution in [-0.4, -0.2) is 58.8 Å². The fourth-order valence-electron chi connectivity index (χ4n) is 6.42. The maximum absolute atomic E-state index is 13.8. The van der Waals surface area contributed by atoms with Crippen LogP contribution in [0.3, 0.4) is 0 Å². The van der Waals surface area contributed by atoms with Crippen LogP contribution in [0.25, 0.3) is 11.4 Å². The molecule has 2 aromatic carbocycles. The van der Waals surface area contributed by atoms with Crippen LogP contribution in [0.4, 0.5) is 17.3 Å². The van der Waals surface area contributed by atoms with Gasteiger partial charge in [-0.3, -0.25) is 4.79 Å². The number of anilines is 3. The molecule has 0 saturated carbocycles. The predicted molar refractivity (Wildman–Crippen MR) is 164 cm³/mol. The number of nitrogen functional groups attached to an aromatic ring is 1. The molecule has 10 heteroatoms. The van der Waals surface area contributed by atoms with E-state index in [1.165, 1.54) is 34.5 Å². The van der Waals surface area contributed by atoms with Gasteiger partial charge in [0.1, 0.15) is 5.82 Å². The summed E-state index contributed by atoms with van der Waals surface area (Å²) in [5, 5.41) is 10.6. The number of aromatic nitrogens is 3. The fraction of sp³-hybridized carbons (Fsp3) is 0.375. The number of hydrogen-bond acceptors (Lipinski definition) is 9. The monoisotopic (exact) mass is 582 g/mol. The number of thiophene rings is 1. The molecule has 1 amide bonds. The minimum atomic E-state index is -0.257. The molecule has 0 spiro atoms. The van der Waals surface area contributed by atoms with Crippen LogP contribution in [0, 0.1) is 0 Å². The topological polar surface area (TPSA) is 118 Å². The summed E-state index contributed by atoms with van der Waals surface area (Å²) < 4.78 is 5.47. The maximum Gasteiger partial charge on any atom is 0.268 e. The first-order valence-corrected chi connectivity index (χ1v) is 15.5. The van der Waals surface area contributed by atoms with Crippen LogP contribution < -0.4 is 15.5 Å². The molecule has 2 aromatic heterocycles. The Hall–Kier alpha value is -3.86. The van der Waals surface area contributed by atoms with E-state index in [9.17, 15) is 9.90 Å². The van der Waals surface area contributed by atoms with Crippen molar-refractivity contribution in [1.29, 1.82) is 0 Å². The number of hydrogen-bond donors (Lipinski definition) is 2. The largest absolute Gasteiger partial charge is 0.392 e. The van der Waals surface area contributed by atoms with Gasteiger partial charge in [-0.1, -0.05) is 24.3 Å². The lowest BCUT2D eigenvalue weighted by molar-refractivity contribution is 0.0984. The average Bonchev–Trinajstić information content (AvgIpc) is 3.41. The van der Waals surface area contributed by atoms with Crippen molar-refractivity contribution in [1.82, 2.24) is 15.0 Å². The van der Waals surface area contributed by atoms with Gasteiger partial charge in [0.15, 0.2) is 5.82 Å². The summed E-state index contributed by atoms with van der Waals surface area (Å²) >= 11 is 1.66. The molecule has 216 valence electrons. The third-order valence-electron chi connectivity index (χ3n) is 8.52. The van der Waals surface area contributed by atoms with E-state index in [-0.39, 0.29) is 18.5 Å². The molecule has 0 radical (unpaired) electrons. The Kier molecular flexibility index (Phi) is 7.35. The Bertz CT molecular complexity index is 1630. The number of aliphatic hydroxyl groups is 1. The van der Waals surface area contributed by atoms with Gasteiger partial charge in [-0.15, -0.1) is 11.3 Å². The van der Waals surface area contributed by atoms with Crippen molar-refractivity contribution in [2.75, 3.05) is 48.4 Å². The van der Waals surface area contributed by atoms with Crippen molar-refractivity contribution < 1.29 is 14.6 Å². The van der Waals surface area contributed by atoms with Crippen molar-refractivity contribution in [2.45, 2.75) is 45.1 Å². The maximum atomic E-state index is 13.8. The third kappa shape index (κ3) is 5.04. The lowest BCUT2D eigenvalue weighted by Crippen LogP contribution is -2.37. The molecule has 1 fully saturated rings. The van der Waals surface area contributed by atoms with E-state index in [1.54, 1.807) is 16.2 Å². The number of aryl methyl sites for hydroxylation is 1. The summed E-state index contributed by atoms with van der Waals surface area (Å²) in [6, 6.07) is 14.1. The minimum Gasteiger partial charge on any atom is -0.392 e. The standard InChI is InChI=1S/C32H34N6O3S/c33-32-35-28(18-20-8-10-21(11-9-20)37-14-16-41-17-15-37)34-30(36-32)24-5-3-6-26(25(24)19-39)38-13-12-23-22-4-1-2-7-27(22)42-29(23)31(38)40/h3,5-6,8-11,39H,1-2,4,7,12-19H2,(H2,33,34,35,36). The molecular formula is C32H34N6O3S. The molecule has 2 aliphatic heterocycles. The van der Waals surface area contributed by atoms with Gasteiger partial charge in [0.2, 0.25) is 5.95 Å². The molecule has 1 saturated heterocycles. The van der Waals surface area contributed by atoms with Gasteiger partial charge < -0.3 is 25.4 Å². The number of amides is 1. The molecular weight excluding hydrogens is 548 g/mol. The summed E-state index contributed by atoms with van der Waals surface area (Å²) in [5.74, 6) is 1.08. The number of nitrogens with zero attached hydrogens (tertiary/aromatic N) is 5. The Morgan fingerprint density at radius 1 is 0.929 bits per heavy atom. The summed E-state index contributed by atoms with van der Waals surface area (Å²) in [7, 11) is 0. The van der Waals surface area contributed by atoms with E-state index in [0.717, 1.165) is 56.0 Å². The first-order valence-electron chi connectivity index (χ1n) is 14.7. The fourth-order valence-corrected chi connectivity index (χ4v) is 7.80. The molecule has 0 unspecified atom stereocenters. The Balaban J connectivity index is 1.17. The Morgan fingerprint density at radius 2 is 1.74 bits per heavy atom. The van der Waals surface area contributed by atoms with E-state index in [0.29, 0.717) is 41.4 Å². The molecule has 1 aliphatic carbocycles. The van der Waals surface area contributed by atoms with Crippen LogP contribution in [-0.2, 0) is 37.0 Å². The van der Waals surface area contributed by atoms with Crippen molar-refractivity contribution in [2.24, 2.45) is 0 Å². The van der Waals surface area contributed by atoms with Gasteiger partial charge >= 0.3 is 0 Å². The number of aliphatic hydroxyl groups excluding tert-OH is 1. The summed E-state index contributed by atoms with van der Waals surface area (Å²) in [6.45, 7) is 3.59. The third-order valence-corrected chi connectivity index (χ3v) is 9.84. The van der Waals surface area contributed by atoms with Crippen molar-refractivity contribution in [3.63, 3.8) is 0 Å². The molecule has 7 rings (SSSR count). The van der Waals surface area contributed by atoms with E-state index < -0.39 is 0 Å². The van der Waals surface area contributed by atoms with E-state index in [2.05, 4.69) is 39.1 Å². The zero-order valence-corrected chi connectivity index (χ0v) is 24.3. The highest BCUT2D eigenvalue weighted by Gasteiger charge is 2.33. The predicted octanol–water partition coefficient (Wildman–Crippen LogP) is 4.18. The zero-order chi connectivity index (χ0) is 28.6. The molecule has 3 aliphatic rings. The van der Waals surface area contributed by atoms with Crippen LogP contribution in [0.5, 0.6) is 0 Å². The lowest BCUT2D eigenvalue weighted by atomic mass is 9.91. The number of carbonyl (C=O) groups excluding carboxylic acids is 1. The number of morpholine rings is 1. The highest BCUT2D eigenvalue weighted by molar-refractivity contribution is 7.14. The Labute approximate surface area is 249 Å². The van der Waals surface area contributed by atoms with E-state index in [4.69, 9.17) is 15.5 Å². The molecule has 3 N–H and O–H groups in total. The van der Waals surface area contributed by atoms with Crippen LogP contribution in [0.2, 0.25) is 0 Å². The SMILES string of the molecule is Nc1nc(Cc2ccc(N3CCOCC3)cc2)nc(-c2cccc(N3CCc4c(sc5c4CCCC5)C3=O)c2CO)n1. The molecule has 4 aromatic rings. The minimum absolute atomic E-state index is 0.0128. The molecule has 9 nitrogen and oxygen atoms in total. The first kappa shape index (κ1) is 27.0.